The summed E-state index contributed by atoms with van der Waals surface area (Å²) in [7, 11) is -1.10. The number of amides is 1. The van der Waals surface area contributed by atoms with Gasteiger partial charge in [0.1, 0.15) is 10.6 Å². The summed E-state index contributed by atoms with van der Waals surface area (Å²) in [5.74, 6) is -0.304. The lowest BCUT2D eigenvalue weighted by atomic mass is 10.2. The number of benzene rings is 3. The van der Waals surface area contributed by atoms with Crippen molar-refractivity contribution >= 4 is 27.3 Å². The molecule has 184 valence electrons. The number of carbonyl (C=O) groups excluding carboxylic acids is 1. The van der Waals surface area contributed by atoms with Crippen LogP contribution in [-0.4, -0.2) is 50.8 Å². The first-order valence-electron chi connectivity index (χ1n) is 10.7. The van der Waals surface area contributed by atoms with Gasteiger partial charge in [-0.1, -0.05) is 30.3 Å². The maximum absolute atomic E-state index is 13.2. The summed E-state index contributed by atoms with van der Waals surface area (Å²) in [6.45, 7) is 0.777. The van der Waals surface area contributed by atoms with Crippen molar-refractivity contribution in [1.82, 2.24) is 9.62 Å². The molecule has 0 heterocycles. The van der Waals surface area contributed by atoms with Gasteiger partial charge in [0.25, 0.3) is 11.6 Å². The average Bonchev–Trinajstić information content (AvgIpc) is 2.86. The van der Waals surface area contributed by atoms with Crippen LogP contribution in [0.5, 0.6) is 5.75 Å². The molecule has 0 aliphatic heterocycles. The van der Waals surface area contributed by atoms with Crippen molar-refractivity contribution in [2.75, 3.05) is 32.6 Å². The van der Waals surface area contributed by atoms with Crippen molar-refractivity contribution in [3.63, 3.8) is 0 Å². The third-order valence-corrected chi connectivity index (χ3v) is 7.00. The highest BCUT2D eigenvalue weighted by Crippen LogP contribution is 2.28. The van der Waals surface area contributed by atoms with Crippen LogP contribution in [0.3, 0.4) is 0 Å². The predicted octanol–water partition coefficient (Wildman–Crippen LogP) is 3.27. The largest absolute Gasteiger partial charge is 0.495 e. The van der Waals surface area contributed by atoms with Crippen molar-refractivity contribution in [1.29, 1.82) is 0 Å². The summed E-state index contributed by atoms with van der Waals surface area (Å²) >= 11 is 0. The minimum atomic E-state index is -3.94. The SMILES string of the molecule is COc1ccc(C(=O)NCCNc2ccc([N+](=O)[O-])cc2)cc1S(=O)(=O)N(C)Cc1ccccc1. The molecule has 0 aliphatic rings. The van der Waals surface area contributed by atoms with E-state index in [4.69, 9.17) is 4.74 Å². The van der Waals surface area contributed by atoms with Crippen LogP contribution < -0.4 is 15.4 Å². The molecule has 0 bridgehead atoms. The molecule has 1 amide bonds. The standard InChI is InChI=1S/C24H26N4O6S/c1-27(17-18-6-4-3-5-7-18)35(32,33)23-16-19(8-13-22(23)34-2)24(29)26-15-14-25-20-9-11-21(12-10-20)28(30)31/h3-13,16,25H,14-15,17H2,1-2H3,(H,26,29). The minimum absolute atomic E-state index is 0.0106. The molecule has 3 rings (SSSR count). The number of nitrogens with one attached hydrogen (secondary N) is 2. The smallest absolute Gasteiger partial charge is 0.269 e. The van der Waals surface area contributed by atoms with Crippen molar-refractivity contribution in [2.45, 2.75) is 11.4 Å². The van der Waals surface area contributed by atoms with E-state index in [2.05, 4.69) is 10.6 Å². The number of non-ortho nitro benzene ring substituents is 1. The first kappa shape index (κ1) is 25.7. The fourth-order valence-electron chi connectivity index (χ4n) is 3.30. The molecule has 0 spiro atoms. The summed E-state index contributed by atoms with van der Waals surface area (Å²) in [6, 6.07) is 19.3. The van der Waals surface area contributed by atoms with Crippen LogP contribution in [0.1, 0.15) is 15.9 Å². The van der Waals surface area contributed by atoms with E-state index in [0.29, 0.717) is 12.2 Å². The van der Waals surface area contributed by atoms with E-state index in [1.165, 1.54) is 48.8 Å². The zero-order valence-corrected chi connectivity index (χ0v) is 20.1. The zero-order valence-electron chi connectivity index (χ0n) is 19.3. The van der Waals surface area contributed by atoms with Gasteiger partial charge in [0, 0.05) is 50.1 Å². The molecule has 0 radical (unpaired) electrons. The molecule has 0 saturated carbocycles. The second-order valence-corrected chi connectivity index (χ2v) is 9.61. The second-order valence-electron chi connectivity index (χ2n) is 7.60. The summed E-state index contributed by atoms with van der Waals surface area (Å²) < 4.78 is 32.9. The molecule has 0 atom stereocenters. The van der Waals surface area contributed by atoms with Crippen LogP contribution in [0, 0.1) is 10.1 Å². The monoisotopic (exact) mass is 498 g/mol. The topological polar surface area (TPSA) is 131 Å². The van der Waals surface area contributed by atoms with Gasteiger partial charge >= 0.3 is 0 Å². The van der Waals surface area contributed by atoms with E-state index in [-0.39, 0.29) is 35.0 Å². The lowest BCUT2D eigenvalue weighted by Crippen LogP contribution is -2.30. The van der Waals surface area contributed by atoms with E-state index >= 15 is 0 Å². The van der Waals surface area contributed by atoms with E-state index < -0.39 is 20.9 Å². The van der Waals surface area contributed by atoms with Gasteiger partial charge in [-0.3, -0.25) is 14.9 Å². The number of ether oxygens (including phenoxy) is 1. The lowest BCUT2D eigenvalue weighted by Gasteiger charge is -2.19. The minimum Gasteiger partial charge on any atom is -0.495 e. The molecule has 3 aromatic carbocycles. The fraction of sp³-hybridized carbons (Fsp3) is 0.208. The summed E-state index contributed by atoms with van der Waals surface area (Å²) in [5.41, 5.74) is 1.66. The van der Waals surface area contributed by atoms with Gasteiger partial charge in [-0.15, -0.1) is 0 Å². The van der Waals surface area contributed by atoms with Gasteiger partial charge in [0.15, 0.2) is 0 Å². The van der Waals surface area contributed by atoms with Gasteiger partial charge in [-0.25, -0.2) is 8.42 Å². The first-order chi connectivity index (χ1) is 16.7. The normalized spacial score (nSPS) is 11.2. The molecule has 0 fully saturated rings. The Labute approximate surface area is 203 Å². The summed E-state index contributed by atoms with van der Waals surface area (Å²) in [4.78, 5) is 22.8. The Kier molecular flexibility index (Phi) is 8.39. The number of methoxy groups -OCH3 is 1. The van der Waals surface area contributed by atoms with Crippen LogP contribution in [0.2, 0.25) is 0 Å². The van der Waals surface area contributed by atoms with Gasteiger partial charge in [0.2, 0.25) is 10.0 Å². The van der Waals surface area contributed by atoms with E-state index in [1.807, 2.05) is 30.3 Å². The number of rotatable bonds is 11. The highest BCUT2D eigenvalue weighted by molar-refractivity contribution is 7.89. The number of anilines is 1. The van der Waals surface area contributed by atoms with Crippen molar-refractivity contribution in [3.8, 4) is 5.75 Å². The maximum Gasteiger partial charge on any atom is 0.269 e. The summed E-state index contributed by atoms with van der Waals surface area (Å²) in [5, 5.41) is 16.5. The molecule has 10 nitrogen and oxygen atoms in total. The van der Waals surface area contributed by atoms with E-state index in [1.54, 1.807) is 12.1 Å². The number of nitro benzene ring substituents is 1. The zero-order chi connectivity index (χ0) is 25.4. The van der Waals surface area contributed by atoms with Crippen molar-refractivity contribution in [2.24, 2.45) is 0 Å². The second kappa shape index (κ2) is 11.4. The number of carbonyl (C=O) groups is 1. The predicted molar refractivity (Wildman–Crippen MR) is 132 cm³/mol. The Morgan fingerprint density at radius 3 is 2.34 bits per heavy atom. The number of sulfonamides is 1. The number of nitro groups is 1. The molecule has 35 heavy (non-hydrogen) atoms. The van der Waals surface area contributed by atoms with Crippen LogP contribution in [0.4, 0.5) is 11.4 Å². The van der Waals surface area contributed by atoms with Crippen LogP contribution in [0.25, 0.3) is 0 Å². The average molecular weight is 499 g/mol. The molecule has 0 aliphatic carbocycles. The highest BCUT2D eigenvalue weighted by Gasteiger charge is 2.26. The molecule has 0 aromatic heterocycles. The molecule has 0 saturated heterocycles. The van der Waals surface area contributed by atoms with Crippen LogP contribution in [-0.2, 0) is 16.6 Å². The number of hydrogen-bond donors (Lipinski definition) is 2. The third-order valence-electron chi connectivity index (χ3n) is 5.18. The Hall–Kier alpha value is -3.96. The van der Waals surface area contributed by atoms with E-state index in [0.717, 1.165) is 5.56 Å². The summed E-state index contributed by atoms with van der Waals surface area (Å²) in [6.07, 6.45) is 0. The molecular formula is C24H26N4O6S. The number of hydrogen-bond acceptors (Lipinski definition) is 7. The van der Waals surface area contributed by atoms with Gasteiger partial charge < -0.3 is 15.4 Å². The lowest BCUT2D eigenvalue weighted by molar-refractivity contribution is -0.384. The molecular weight excluding hydrogens is 472 g/mol. The Balaban J connectivity index is 1.65. The highest BCUT2D eigenvalue weighted by atomic mass is 32.2. The molecule has 0 unspecified atom stereocenters. The first-order valence-corrected chi connectivity index (χ1v) is 12.1. The Morgan fingerprint density at radius 2 is 1.71 bits per heavy atom. The van der Waals surface area contributed by atoms with Crippen LogP contribution in [0.15, 0.2) is 77.7 Å². The van der Waals surface area contributed by atoms with E-state index in [9.17, 15) is 23.3 Å². The number of nitrogens with zero attached hydrogens (tertiary/aromatic N) is 2. The maximum atomic E-state index is 13.2. The van der Waals surface area contributed by atoms with Gasteiger partial charge in [-0.2, -0.15) is 4.31 Å². The van der Waals surface area contributed by atoms with Crippen molar-refractivity contribution < 1.29 is 22.9 Å². The Bertz CT molecular complexity index is 1280. The van der Waals surface area contributed by atoms with Crippen LogP contribution >= 0.6 is 0 Å². The molecule has 2 N–H and O–H groups in total. The quantitative estimate of drug-likeness (QED) is 0.236. The molecule has 3 aromatic rings. The van der Waals surface area contributed by atoms with Gasteiger partial charge in [-0.05, 0) is 35.9 Å². The third kappa shape index (κ3) is 6.55. The molecule has 11 heteroatoms. The fourth-order valence-corrected chi connectivity index (χ4v) is 4.64. The Morgan fingerprint density at radius 1 is 1.03 bits per heavy atom. The van der Waals surface area contributed by atoms with Crippen molar-refractivity contribution in [3.05, 3.63) is 94.0 Å². The van der Waals surface area contributed by atoms with Gasteiger partial charge in [0.05, 0.1) is 12.0 Å².